The molecule has 3 nitrogen and oxygen atoms in total. The van der Waals surface area contributed by atoms with E-state index in [1.807, 2.05) is 55.5 Å². The zero-order valence-corrected chi connectivity index (χ0v) is 13.7. The fraction of sp³-hybridized carbons (Fsp3) is 0.294. The zero-order valence-electron chi connectivity index (χ0n) is 12.1. The Balaban J connectivity index is 1.90. The summed E-state index contributed by atoms with van der Waals surface area (Å²) in [5.74, 6) is 0.808. The van der Waals surface area contributed by atoms with E-state index in [4.69, 9.17) is 15.2 Å². The SMILES string of the molecule is CC(N)Cc1cccc(Br)c1OCOCc1ccccc1. The summed E-state index contributed by atoms with van der Waals surface area (Å²) in [6.45, 7) is 2.73. The van der Waals surface area contributed by atoms with Crippen LogP contribution in [0.15, 0.2) is 53.0 Å². The number of ether oxygens (including phenoxy) is 2. The van der Waals surface area contributed by atoms with Gasteiger partial charge in [-0.3, -0.25) is 0 Å². The van der Waals surface area contributed by atoms with Crippen LogP contribution in [0.4, 0.5) is 0 Å². The van der Waals surface area contributed by atoms with Gasteiger partial charge in [0.15, 0.2) is 6.79 Å². The Bertz CT molecular complexity index is 558. The Morgan fingerprint density at radius 1 is 1.10 bits per heavy atom. The minimum absolute atomic E-state index is 0.0897. The number of hydrogen-bond acceptors (Lipinski definition) is 3. The molecule has 0 spiro atoms. The largest absolute Gasteiger partial charge is 0.466 e. The van der Waals surface area contributed by atoms with E-state index < -0.39 is 0 Å². The van der Waals surface area contributed by atoms with Crippen LogP contribution < -0.4 is 10.5 Å². The lowest BCUT2D eigenvalue weighted by molar-refractivity contribution is 0.00409. The van der Waals surface area contributed by atoms with E-state index >= 15 is 0 Å². The van der Waals surface area contributed by atoms with Gasteiger partial charge in [-0.2, -0.15) is 0 Å². The minimum Gasteiger partial charge on any atom is -0.466 e. The standard InChI is InChI=1S/C17H20BrNO2/c1-13(19)10-15-8-5-9-16(18)17(15)21-12-20-11-14-6-3-2-4-7-14/h2-9,13H,10-12,19H2,1H3. The molecule has 2 aromatic rings. The molecule has 0 aliphatic carbocycles. The van der Waals surface area contributed by atoms with Crippen molar-refractivity contribution in [3.63, 3.8) is 0 Å². The van der Waals surface area contributed by atoms with Crippen LogP contribution in [0.25, 0.3) is 0 Å². The van der Waals surface area contributed by atoms with Crippen molar-refractivity contribution >= 4 is 15.9 Å². The number of benzene rings is 2. The Hall–Kier alpha value is -1.36. The molecule has 2 rings (SSSR count). The summed E-state index contributed by atoms with van der Waals surface area (Å²) in [6, 6.07) is 16.1. The highest BCUT2D eigenvalue weighted by molar-refractivity contribution is 9.10. The summed E-state index contributed by atoms with van der Waals surface area (Å²) in [6.07, 6.45) is 0.771. The Morgan fingerprint density at radius 3 is 2.57 bits per heavy atom. The molecule has 0 saturated carbocycles. The first-order valence-electron chi connectivity index (χ1n) is 6.94. The number of halogens is 1. The summed E-state index contributed by atoms with van der Waals surface area (Å²) < 4.78 is 12.3. The lowest BCUT2D eigenvalue weighted by Crippen LogP contribution is -2.18. The van der Waals surface area contributed by atoms with E-state index in [2.05, 4.69) is 15.9 Å². The molecule has 0 bridgehead atoms. The van der Waals surface area contributed by atoms with Gasteiger partial charge in [0, 0.05) is 6.04 Å². The monoisotopic (exact) mass is 349 g/mol. The van der Waals surface area contributed by atoms with E-state index in [1.54, 1.807) is 0 Å². The summed E-state index contributed by atoms with van der Waals surface area (Å²) >= 11 is 3.51. The normalized spacial score (nSPS) is 12.1. The molecule has 112 valence electrons. The van der Waals surface area contributed by atoms with Crippen molar-refractivity contribution in [2.24, 2.45) is 5.73 Å². The van der Waals surface area contributed by atoms with Gasteiger partial charge in [0.25, 0.3) is 0 Å². The van der Waals surface area contributed by atoms with Gasteiger partial charge in [-0.25, -0.2) is 0 Å². The molecule has 0 aliphatic heterocycles. The van der Waals surface area contributed by atoms with Crippen molar-refractivity contribution in [1.82, 2.24) is 0 Å². The van der Waals surface area contributed by atoms with Crippen molar-refractivity contribution < 1.29 is 9.47 Å². The summed E-state index contributed by atoms with van der Waals surface area (Å²) in [5.41, 5.74) is 8.09. The van der Waals surface area contributed by atoms with E-state index in [1.165, 1.54) is 0 Å². The summed E-state index contributed by atoms with van der Waals surface area (Å²) in [4.78, 5) is 0. The molecule has 2 aromatic carbocycles. The van der Waals surface area contributed by atoms with Crippen LogP contribution in [0.2, 0.25) is 0 Å². The van der Waals surface area contributed by atoms with Gasteiger partial charge in [0.2, 0.25) is 0 Å². The first-order chi connectivity index (χ1) is 10.2. The first-order valence-corrected chi connectivity index (χ1v) is 7.73. The van der Waals surface area contributed by atoms with Crippen LogP contribution in [0.3, 0.4) is 0 Å². The summed E-state index contributed by atoms with van der Waals surface area (Å²) in [5, 5.41) is 0. The predicted molar refractivity (Wildman–Crippen MR) is 88.2 cm³/mol. The molecule has 2 N–H and O–H groups in total. The van der Waals surface area contributed by atoms with E-state index in [9.17, 15) is 0 Å². The highest BCUT2D eigenvalue weighted by atomic mass is 79.9. The van der Waals surface area contributed by atoms with Crippen molar-refractivity contribution in [3.05, 3.63) is 64.1 Å². The fourth-order valence-electron chi connectivity index (χ4n) is 2.06. The molecule has 1 unspecified atom stereocenters. The third-order valence-electron chi connectivity index (χ3n) is 2.99. The van der Waals surface area contributed by atoms with Crippen LogP contribution in [-0.4, -0.2) is 12.8 Å². The van der Waals surface area contributed by atoms with Gasteiger partial charge >= 0.3 is 0 Å². The molecule has 0 saturated heterocycles. The molecule has 4 heteroatoms. The second-order valence-corrected chi connectivity index (χ2v) is 5.86. The van der Waals surface area contributed by atoms with Gasteiger partial charge in [0.1, 0.15) is 5.75 Å². The van der Waals surface area contributed by atoms with Crippen molar-refractivity contribution in [3.8, 4) is 5.75 Å². The molecule has 0 aliphatic rings. The maximum atomic E-state index is 5.87. The highest BCUT2D eigenvalue weighted by Crippen LogP contribution is 2.29. The predicted octanol–water partition coefficient (Wildman–Crippen LogP) is 3.89. The van der Waals surface area contributed by atoms with Crippen LogP contribution in [-0.2, 0) is 17.8 Å². The number of hydrogen-bond donors (Lipinski definition) is 1. The first kappa shape index (κ1) is 16.0. The Kier molecular flexibility index (Phi) is 6.23. The molecular weight excluding hydrogens is 330 g/mol. The summed E-state index contributed by atoms with van der Waals surface area (Å²) in [7, 11) is 0. The lowest BCUT2D eigenvalue weighted by atomic mass is 10.1. The van der Waals surface area contributed by atoms with Crippen LogP contribution in [0.1, 0.15) is 18.1 Å². The molecule has 0 amide bonds. The average Bonchev–Trinajstić information content (AvgIpc) is 2.46. The smallest absolute Gasteiger partial charge is 0.189 e. The molecule has 0 fully saturated rings. The number of para-hydroxylation sites is 1. The van der Waals surface area contributed by atoms with Crippen molar-refractivity contribution in [2.75, 3.05) is 6.79 Å². The third kappa shape index (κ3) is 5.16. The third-order valence-corrected chi connectivity index (χ3v) is 3.61. The number of rotatable bonds is 7. The highest BCUT2D eigenvalue weighted by Gasteiger charge is 2.09. The maximum Gasteiger partial charge on any atom is 0.189 e. The molecule has 21 heavy (non-hydrogen) atoms. The number of nitrogens with two attached hydrogens (primary N) is 1. The van der Waals surface area contributed by atoms with Crippen LogP contribution in [0.5, 0.6) is 5.75 Å². The Labute approximate surface area is 134 Å². The molecule has 0 radical (unpaired) electrons. The maximum absolute atomic E-state index is 5.87. The Morgan fingerprint density at radius 2 is 1.86 bits per heavy atom. The molecular formula is C17H20BrNO2. The quantitative estimate of drug-likeness (QED) is 0.609. The van der Waals surface area contributed by atoms with Crippen molar-refractivity contribution in [1.29, 1.82) is 0 Å². The van der Waals surface area contributed by atoms with Gasteiger partial charge in [0.05, 0.1) is 11.1 Å². The van der Waals surface area contributed by atoms with Crippen LogP contribution in [0, 0.1) is 0 Å². The molecule has 0 aromatic heterocycles. The van der Waals surface area contributed by atoms with E-state index in [0.29, 0.717) is 6.61 Å². The minimum atomic E-state index is 0.0897. The van der Waals surface area contributed by atoms with Crippen molar-refractivity contribution in [2.45, 2.75) is 26.0 Å². The van der Waals surface area contributed by atoms with E-state index in [0.717, 1.165) is 27.8 Å². The second-order valence-electron chi connectivity index (χ2n) is 5.01. The average molecular weight is 350 g/mol. The fourth-order valence-corrected chi connectivity index (χ4v) is 2.58. The molecule has 1 atom stereocenters. The second kappa shape index (κ2) is 8.17. The zero-order chi connectivity index (χ0) is 15.1. The van der Waals surface area contributed by atoms with E-state index in [-0.39, 0.29) is 12.8 Å². The van der Waals surface area contributed by atoms with Gasteiger partial charge in [-0.15, -0.1) is 0 Å². The van der Waals surface area contributed by atoms with Crippen LogP contribution >= 0.6 is 15.9 Å². The molecule has 0 heterocycles. The lowest BCUT2D eigenvalue weighted by Gasteiger charge is -2.15. The van der Waals surface area contributed by atoms with Gasteiger partial charge in [-0.05, 0) is 46.5 Å². The van der Waals surface area contributed by atoms with Gasteiger partial charge < -0.3 is 15.2 Å². The topological polar surface area (TPSA) is 44.5 Å². The van der Waals surface area contributed by atoms with Gasteiger partial charge in [-0.1, -0.05) is 42.5 Å².